The second-order valence-electron chi connectivity index (χ2n) is 10.1. The van der Waals surface area contributed by atoms with Crippen LogP contribution in [0.1, 0.15) is 34.3 Å². The summed E-state index contributed by atoms with van der Waals surface area (Å²) >= 11 is 1.33. The van der Waals surface area contributed by atoms with Crippen LogP contribution in [0.5, 0.6) is 5.75 Å². The van der Waals surface area contributed by atoms with Gasteiger partial charge in [0.15, 0.2) is 0 Å². The van der Waals surface area contributed by atoms with Gasteiger partial charge in [-0.2, -0.15) is 0 Å². The van der Waals surface area contributed by atoms with Crippen molar-refractivity contribution in [1.29, 1.82) is 0 Å². The Kier molecular flexibility index (Phi) is 5.39. The Labute approximate surface area is 208 Å². The molecule has 6 rings (SSSR count). The lowest BCUT2D eigenvalue weighted by atomic mass is 9.85. The quantitative estimate of drug-likeness (QED) is 0.514. The number of fused-ring (bicyclic) bond motifs is 2. The summed E-state index contributed by atoms with van der Waals surface area (Å²) in [7, 11) is 0. The van der Waals surface area contributed by atoms with Crippen molar-refractivity contribution in [2.75, 3.05) is 36.9 Å². The van der Waals surface area contributed by atoms with E-state index in [0.717, 1.165) is 59.0 Å². The minimum atomic E-state index is -0.255. The monoisotopic (exact) mass is 493 g/mol. The highest BCUT2D eigenvalue weighted by atomic mass is 32.1. The number of nitrogens with one attached hydrogen (secondary N) is 1. The minimum Gasteiger partial charge on any atom is -0.491 e. The molecule has 4 atom stereocenters. The first-order chi connectivity index (χ1) is 16.8. The third-order valence-electron chi connectivity index (χ3n) is 7.84. The minimum absolute atomic E-state index is 0.00278. The first-order valence-corrected chi connectivity index (χ1v) is 13.0. The molecular weight excluding hydrogens is 462 g/mol. The molecule has 35 heavy (non-hydrogen) atoms. The Morgan fingerprint density at radius 1 is 1.31 bits per heavy atom. The Morgan fingerprint density at radius 3 is 2.97 bits per heavy atom. The van der Waals surface area contributed by atoms with E-state index in [1.165, 1.54) is 11.3 Å². The van der Waals surface area contributed by atoms with Gasteiger partial charge in [-0.25, -0.2) is 4.98 Å². The van der Waals surface area contributed by atoms with Crippen LogP contribution in [-0.2, 0) is 11.2 Å². The number of pyridine rings is 1. The van der Waals surface area contributed by atoms with Crippen molar-refractivity contribution < 1.29 is 14.3 Å². The van der Waals surface area contributed by atoms with Crippen molar-refractivity contribution in [3.8, 4) is 5.75 Å². The van der Waals surface area contributed by atoms with Crippen LogP contribution in [0, 0.1) is 12.8 Å². The van der Waals surface area contributed by atoms with Gasteiger partial charge in [0, 0.05) is 42.5 Å². The van der Waals surface area contributed by atoms with Crippen LogP contribution >= 0.6 is 11.3 Å². The van der Waals surface area contributed by atoms with E-state index >= 15 is 0 Å². The second kappa shape index (κ2) is 8.36. The fourth-order valence-electron chi connectivity index (χ4n) is 5.71. The molecule has 2 saturated heterocycles. The topological polar surface area (TPSA) is 116 Å². The number of hydrogen-bond donors (Lipinski definition) is 3. The molecule has 0 bridgehead atoms. The number of benzene rings is 1. The van der Waals surface area contributed by atoms with Crippen LogP contribution in [0.3, 0.4) is 0 Å². The fraction of sp³-hybridized carbons (Fsp3) is 0.462. The summed E-state index contributed by atoms with van der Waals surface area (Å²) in [5, 5.41) is 3.92. The maximum absolute atomic E-state index is 13.0. The fourth-order valence-corrected chi connectivity index (χ4v) is 6.76. The zero-order valence-electron chi connectivity index (χ0n) is 20.0. The molecule has 3 aliphatic rings. The first-order valence-electron chi connectivity index (χ1n) is 12.2. The molecule has 1 amide bonds. The summed E-state index contributed by atoms with van der Waals surface area (Å²) in [4.78, 5) is 21.1. The predicted octanol–water partition coefficient (Wildman–Crippen LogP) is 2.86. The first kappa shape index (κ1) is 22.6. The summed E-state index contributed by atoms with van der Waals surface area (Å²) in [6, 6.07) is 10.0. The van der Waals surface area contributed by atoms with Gasteiger partial charge in [0.2, 0.25) is 0 Å². The third kappa shape index (κ3) is 3.73. The molecule has 2 fully saturated rings. The summed E-state index contributed by atoms with van der Waals surface area (Å²) < 4.78 is 12.3. The van der Waals surface area contributed by atoms with Gasteiger partial charge < -0.3 is 31.2 Å². The molecule has 0 radical (unpaired) electrons. The van der Waals surface area contributed by atoms with Crippen molar-refractivity contribution >= 4 is 38.8 Å². The largest absolute Gasteiger partial charge is 0.491 e. The molecule has 0 aliphatic carbocycles. The average Bonchev–Trinajstić information content (AvgIpc) is 3.49. The summed E-state index contributed by atoms with van der Waals surface area (Å²) in [5.74, 6) is 1.14. The normalized spacial score (nSPS) is 27.9. The lowest BCUT2D eigenvalue weighted by Gasteiger charge is -2.32. The number of rotatable bonds is 3. The van der Waals surface area contributed by atoms with Crippen LogP contribution in [0.2, 0.25) is 0 Å². The van der Waals surface area contributed by atoms with Gasteiger partial charge >= 0.3 is 0 Å². The summed E-state index contributed by atoms with van der Waals surface area (Å²) in [6.07, 6.45) is 1.76. The molecule has 2 aromatic heterocycles. The molecule has 3 aliphatic heterocycles. The molecule has 1 spiro atoms. The van der Waals surface area contributed by atoms with Gasteiger partial charge in [-0.05, 0) is 49.4 Å². The molecule has 3 aromatic rings. The molecule has 184 valence electrons. The van der Waals surface area contributed by atoms with Gasteiger partial charge in [0.25, 0.3) is 5.91 Å². The standard InChI is InChI=1S/C26H31N5O3S/c1-14-7-8-34-26(14)13-31(11-21(26)27)18-5-4-16-9-17(12-33-20(16)10-18)30-24(32)23-22(28)19-6-3-15(2)29-25(19)35-23/h3-6,10,14,17,21H,7-9,11-13,27-28H2,1-2H3,(H,30,32)/t14-,17+,21+,26-/m0/s1. The number of ether oxygens (including phenoxy) is 2. The van der Waals surface area contributed by atoms with Crippen LogP contribution < -0.4 is 26.4 Å². The van der Waals surface area contributed by atoms with Crippen LogP contribution in [-0.4, -0.2) is 54.9 Å². The van der Waals surface area contributed by atoms with Crippen LogP contribution in [0.25, 0.3) is 10.2 Å². The van der Waals surface area contributed by atoms with Crippen molar-refractivity contribution in [3.63, 3.8) is 0 Å². The maximum Gasteiger partial charge on any atom is 0.263 e. The number of nitrogens with two attached hydrogens (primary N) is 2. The Bertz CT molecular complexity index is 1310. The van der Waals surface area contributed by atoms with E-state index in [0.29, 0.717) is 29.5 Å². The van der Waals surface area contributed by atoms with Crippen LogP contribution in [0.15, 0.2) is 30.3 Å². The maximum atomic E-state index is 13.0. The molecule has 0 unspecified atom stereocenters. The number of aromatic nitrogens is 1. The van der Waals surface area contributed by atoms with Gasteiger partial charge in [0.1, 0.15) is 27.7 Å². The van der Waals surface area contributed by atoms with E-state index in [4.69, 9.17) is 20.9 Å². The number of carbonyl (C=O) groups is 1. The number of amides is 1. The van der Waals surface area contributed by atoms with E-state index < -0.39 is 0 Å². The summed E-state index contributed by atoms with van der Waals surface area (Å²) in [6.45, 7) is 6.94. The molecule has 9 heteroatoms. The Morgan fingerprint density at radius 2 is 2.17 bits per heavy atom. The lowest BCUT2D eigenvalue weighted by Crippen LogP contribution is -2.50. The van der Waals surface area contributed by atoms with E-state index in [2.05, 4.69) is 40.3 Å². The van der Waals surface area contributed by atoms with Gasteiger partial charge in [0.05, 0.1) is 17.8 Å². The number of nitrogen functional groups attached to an aromatic ring is 1. The Hall–Kier alpha value is -2.88. The van der Waals surface area contributed by atoms with Gasteiger partial charge in [-0.15, -0.1) is 11.3 Å². The number of aryl methyl sites for hydroxylation is 1. The van der Waals surface area contributed by atoms with E-state index in [1.54, 1.807) is 0 Å². The number of thiophene rings is 1. The number of hydrogen-bond acceptors (Lipinski definition) is 8. The lowest BCUT2D eigenvalue weighted by molar-refractivity contribution is -0.0108. The van der Waals surface area contributed by atoms with Crippen LogP contribution in [0.4, 0.5) is 11.4 Å². The highest BCUT2D eigenvalue weighted by Crippen LogP contribution is 2.41. The van der Waals surface area contributed by atoms with Crippen molar-refractivity contribution in [2.24, 2.45) is 11.7 Å². The third-order valence-corrected chi connectivity index (χ3v) is 8.95. The zero-order chi connectivity index (χ0) is 24.3. The SMILES string of the molecule is Cc1ccc2c(N)c(C(=O)N[C@H]3COc4cc(N5C[C@@H](N)[C@@]6(C5)OCC[C@@H]6C)ccc4C3)sc2n1. The number of carbonyl (C=O) groups excluding carboxylic acids is 1. The smallest absolute Gasteiger partial charge is 0.263 e. The Balaban J connectivity index is 1.15. The molecule has 5 heterocycles. The van der Waals surface area contributed by atoms with E-state index in [1.807, 2.05) is 19.1 Å². The molecule has 5 N–H and O–H groups in total. The van der Waals surface area contributed by atoms with E-state index in [-0.39, 0.29) is 23.6 Å². The molecule has 0 saturated carbocycles. The predicted molar refractivity (Wildman–Crippen MR) is 138 cm³/mol. The van der Waals surface area contributed by atoms with Crippen molar-refractivity contribution in [3.05, 3.63) is 46.5 Å². The van der Waals surface area contributed by atoms with Gasteiger partial charge in [-0.3, -0.25) is 4.79 Å². The summed E-state index contributed by atoms with van der Waals surface area (Å²) in [5.41, 5.74) is 16.1. The average molecular weight is 494 g/mol. The zero-order valence-corrected chi connectivity index (χ0v) is 20.9. The van der Waals surface area contributed by atoms with Gasteiger partial charge in [-0.1, -0.05) is 13.0 Å². The molecule has 8 nitrogen and oxygen atoms in total. The highest BCUT2D eigenvalue weighted by Gasteiger charge is 2.52. The van der Waals surface area contributed by atoms with Crippen molar-refractivity contribution in [2.45, 2.75) is 44.4 Å². The highest BCUT2D eigenvalue weighted by molar-refractivity contribution is 7.21. The number of anilines is 2. The molecular formula is C26H31N5O3S. The second-order valence-corrected chi connectivity index (χ2v) is 11.1. The van der Waals surface area contributed by atoms with E-state index in [9.17, 15) is 4.79 Å². The number of nitrogens with zero attached hydrogens (tertiary/aromatic N) is 2. The van der Waals surface area contributed by atoms with Crippen molar-refractivity contribution in [1.82, 2.24) is 10.3 Å². The molecule has 1 aromatic carbocycles.